The molecule has 4 nitrogen and oxygen atoms in total. The Labute approximate surface area is 144 Å². The highest BCUT2D eigenvalue weighted by Gasteiger charge is 2.26. The van der Waals surface area contributed by atoms with E-state index >= 15 is 0 Å². The van der Waals surface area contributed by atoms with Gasteiger partial charge in [-0.1, -0.05) is 44.2 Å². The molecule has 0 spiro atoms. The van der Waals surface area contributed by atoms with E-state index in [-0.39, 0.29) is 11.5 Å². The lowest BCUT2D eigenvalue weighted by Gasteiger charge is -2.33. The van der Waals surface area contributed by atoms with Crippen LogP contribution in [-0.2, 0) is 5.41 Å². The summed E-state index contributed by atoms with van der Waals surface area (Å²) in [7, 11) is 0. The highest BCUT2D eigenvalue weighted by Crippen LogP contribution is 2.25. The quantitative estimate of drug-likeness (QED) is 0.879. The normalized spacial score (nSPS) is 21.4. The molecule has 0 aliphatic heterocycles. The Kier molecular flexibility index (Phi) is 5.46. The fraction of sp³-hybridized carbons (Fsp3) is 0.500. The van der Waals surface area contributed by atoms with Crippen LogP contribution in [0.1, 0.15) is 45.1 Å². The van der Waals surface area contributed by atoms with Gasteiger partial charge in [-0.2, -0.15) is 0 Å². The molecule has 4 heteroatoms. The van der Waals surface area contributed by atoms with E-state index in [1.807, 2.05) is 0 Å². The van der Waals surface area contributed by atoms with Crippen LogP contribution >= 0.6 is 0 Å². The van der Waals surface area contributed by atoms with Crippen LogP contribution in [0, 0.1) is 0 Å². The lowest BCUT2D eigenvalue weighted by molar-refractivity contribution is 0.132. The molecule has 1 aromatic heterocycles. The van der Waals surface area contributed by atoms with Gasteiger partial charge in [-0.15, -0.1) is 0 Å². The standard InChI is InChI=1S/C20H27N3O/c1-20(2,16-6-4-3-5-7-16)15-23-17-8-10-18(11-9-17)24-19-14-21-12-13-22-19/h3-7,12-14,17-18,23H,8-11,15H2,1-2H3. The minimum absolute atomic E-state index is 0.147. The van der Waals surface area contributed by atoms with E-state index < -0.39 is 0 Å². The first-order chi connectivity index (χ1) is 11.6. The van der Waals surface area contributed by atoms with Crippen molar-refractivity contribution in [2.75, 3.05) is 6.54 Å². The number of nitrogens with zero attached hydrogens (tertiary/aromatic N) is 2. The summed E-state index contributed by atoms with van der Waals surface area (Å²) < 4.78 is 5.92. The highest BCUT2D eigenvalue weighted by atomic mass is 16.5. The van der Waals surface area contributed by atoms with Crippen molar-refractivity contribution in [2.24, 2.45) is 0 Å². The second kappa shape index (κ2) is 7.75. The number of aromatic nitrogens is 2. The molecule has 1 aliphatic carbocycles. The minimum atomic E-state index is 0.147. The Morgan fingerprint density at radius 3 is 2.50 bits per heavy atom. The predicted molar refractivity (Wildman–Crippen MR) is 96.2 cm³/mol. The maximum atomic E-state index is 5.92. The van der Waals surface area contributed by atoms with Gasteiger partial charge < -0.3 is 10.1 Å². The van der Waals surface area contributed by atoms with Crippen molar-refractivity contribution >= 4 is 0 Å². The smallest absolute Gasteiger partial charge is 0.232 e. The molecule has 0 saturated heterocycles. The van der Waals surface area contributed by atoms with Crippen molar-refractivity contribution in [1.82, 2.24) is 15.3 Å². The number of benzene rings is 1. The van der Waals surface area contributed by atoms with Gasteiger partial charge in [0.1, 0.15) is 6.10 Å². The van der Waals surface area contributed by atoms with Gasteiger partial charge in [0, 0.05) is 30.4 Å². The molecule has 1 N–H and O–H groups in total. The molecule has 128 valence electrons. The summed E-state index contributed by atoms with van der Waals surface area (Å²) in [5, 5.41) is 3.76. The van der Waals surface area contributed by atoms with E-state index in [9.17, 15) is 0 Å². The molecule has 1 aliphatic rings. The van der Waals surface area contributed by atoms with E-state index in [1.54, 1.807) is 18.6 Å². The predicted octanol–water partition coefficient (Wildman–Crippen LogP) is 3.73. The summed E-state index contributed by atoms with van der Waals surface area (Å²) in [6.45, 7) is 5.60. The summed E-state index contributed by atoms with van der Waals surface area (Å²) in [6.07, 6.45) is 9.73. The Morgan fingerprint density at radius 2 is 1.83 bits per heavy atom. The molecule has 2 aromatic rings. The molecular formula is C20H27N3O. The van der Waals surface area contributed by atoms with E-state index in [4.69, 9.17) is 4.74 Å². The van der Waals surface area contributed by atoms with Gasteiger partial charge in [-0.25, -0.2) is 4.98 Å². The lowest BCUT2D eigenvalue weighted by atomic mass is 9.83. The van der Waals surface area contributed by atoms with E-state index in [1.165, 1.54) is 5.56 Å². The lowest BCUT2D eigenvalue weighted by Crippen LogP contribution is -2.42. The summed E-state index contributed by atoms with van der Waals surface area (Å²) in [6, 6.07) is 11.3. The van der Waals surface area contributed by atoms with Crippen LogP contribution in [0.15, 0.2) is 48.9 Å². The first kappa shape index (κ1) is 16.9. The Morgan fingerprint density at radius 1 is 1.08 bits per heavy atom. The maximum absolute atomic E-state index is 5.92. The summed E-state index contributed by atoms with van der Waals surface area (Å²) >= 11 is 0. The molecule has 0 amide bonds. The van der Waals surface area contributed by atoms with Crippen LogP contribution in [-0.4, -0.2) is 28.7 Å². The minimum Gasteiger partial charge on any atom is -0.473 e. The Balaban J connectivity index is 1.44. The number of nitrogens with one attached hydrogen (secondary N) is 1. The zero-order chi connectivity index (χ0) is 16.8. The van der Waals surface area contributed by atoms with Gasteiger partial charge in [-0.3, -0.25) is 4.98 Å². The van der Waals surface area contributed by atoms with Crippen molar-refractivity contribution in [3.8, 4) is 5.88 Å². The van der Waals surface area contributed by atoms with Crippen LogP contribution in [0.25, 0.3) is 0 Å². The molecule has 1 aromatic carbocycles. The third-order valence-corrected chi connectivity index (χ3v) is 4.89. The van der Waals surface area contributed by atoms with Gasteiger partial charge in [-0.05, 0) is 31.2 Å². The van der Waals surface area contributed by atoms with Crippen LogP contribution in [0.3, 0.4) is 0 Å². The highest BCUT2D eigenvalue weighted by molar-refractivity contribution is 5.23. The van der Waals surface area contributed by atoms with Gasteiger partial charge in [0.25, 0.3) is 0 Å². The Bertz CT molecular complexity index is 607. The molecule has 3 rings (SSSR count). The van der Waals surface area contributed by atoms with Crippen LogP contribution < -0.4 is 10.1 Å². The summed E-state index contributed by atoms with van der Waals surface area (Å²) in [5.74, 6) is 0.638. The van der Waals surface area contributed by atoms with Crippen molar-refractivity contribution in [3.05, 3.63) is 54.5 Å². The molecule has 0 radical (unpaired) electrons. The largest absolute Gasteiger partial charge is 0.473 e. The van der Waals surface area contributed by atoms with Crippen molar-refractivity contribution < 1.29 is 4.74 Å². The molecule has 0 atom stereocenters. The number of ether oxygens (including phenoxy) is 1. The second-order valence-electron chi connectivity index (χ2n) is 7.27. The van der Waals surface area contributed by atoms with Crippen molar-refractivity contribution in [2.45, 2.75) is 57.1 Å². The van der Waals surface area contributed by atoms with E-state index in [0.717, 1.165) is 32.2 Å². The van der Waals surface area contributed by atoms with Crippen molar-refractivity contribution in [3.63, 3.8) is 0 Å². The molecule has 1 fully saturated rings. The van der Waals surface area contributed by atoms with Gasteiger partial charge in [0.2, 0.25) is 5.88 Å². The molecule has 1 heterocycles. The third-order valence-electron chi connectivity index (χ3n) is 4.89. The average Bonchev–Trinajstić information content (AvgIpc) is 2.63. The van der Waals surface area contributed by atoms with E-state index in [0.29, 0.717) is 11.9 Å². The van der Waals surface area contributed by atoms with Gasteiger partial charge in [0.15, 0.2) is 0 Å². The maximum Gasteiger partial charge on any atom is 0.232 e. The van der Waals surface area contributed by atoms with Crippen LogP contribution in [0.2, 0.25) is 0 Å². The number of hydrogen-bond donors (Lipinski definition) is 1. The summed E-state index contributed by atoms with van der Waals surface area (Å²) in [5.41, 5.74) is 1.53. The second-order valence-corrected chi connectivity index (χ2v) is 7.27. The third kappa shape index (κ3) is 4.54. The first-order valence-electron chi connectivity index (χ1n) is 8.85. The van der Waals surface area contributed by atoms with Crippen LogP contribution in [0.4, 0.5) is 0 Å². The van der Waals surface area contributed by atoms with E-state index in [2.05, 4.69) is 59.5 Å². The SMILES string of the molecule is CC(C)(CNC1CCC(Oc2cnccn2)CC1)c1ccccc1. The summed E-state index contributed by atoms with van der Waals surface area (Å²) in [4.78, 5) is 8.24. The molecule has 24 heavy (non-hydrogen) atoms. The zero-order valence-electron chi connectivity index (χ0n) is 14.6. The number of hydrogen-bond acceptors (Lipinski definition) is 4. The Hall–Kier alpha value is -1.94. The monoisotopic (exact) mass is 325 g/mol. The first-order valence-corrected chi connectivity index (χ1v) is 8.85. The average molecular weight is 325 g/mol. The molecule has 1 saturated carbocycles. The molecule has 0 bridgehead atoms. The molecular weight excluding hydrogens is 298 g/mol. The van der Waals surface area contributed by atoms with Gasteiger partial charge >= 0.3 is 0 Å². The van der Waals surface area contributed by atoms with Crippen LogP contribution in [0.5, 0.6) is 5.88 Å². The number of rotatable bonds is 6. The van der Waals surface area contributed by atoms with Crippen molar-refractivity contribution in [1.29, 1.82) is 0 Å². The van der Waals surface area contributed by atoms with Gasteiger partial charge in [0.05, 0.1) is 6.20 Å². The fourth-order valence-corrected chi connectivity index (χ4v) is 3.29. The zero-order valence-corrected chi connectivity index (χ0v) is 14.6. The fourth-order valence-electron chi connectivity index (χ4n) is 3.29. The topological polar surface area (TPSA) is 47.0 Å². The molecule has 0 unspecified atom stereocenters.